The van der Waals surface area contributed by atoms with Crippen molar-refractivity contribution in [1.29, 1.82) is 0 Å². The Kier molecular flexibility index (Phi) is 6.27. The first-order chi connectivity index (χ1) is 4.84. The topological polar surface area (TPSA) is 9.23 Å². The van der Waals surface area contributed by atoms with Gasteiger partial charge in [0.2, 0.25) is 3.79 Å². The van der Waals surface area contributed by atoms with Crippen LogP contribution in [0.4, 0.5) is 0 Å². The fourth-order valence-electron chi connectivity index (χ4n) is 0.252. The van der Waals surface area contributed by atoms with Crippen LogP contribution in [0.3, 0.4) is 0 Å². The van der Waals surface area contributed by atoms with E-state index >= 15 is 0 Å². The van der Waals surface area contributed by atoms with Gasteiger partial charge in [-0.1, -0.05) is 46.4 Å². The summed E-state index contributed by atoms with van der Waals surface area (Å²) in [4.78, 5) is -0.677. The molecule has 68 valence electrons. The average Bonchev–Trinajstić information content (AvgIpc) is 1.80. The van der Waals surface area contributed by atoms with Crippen LogP contribution in [0.15, 0.2) is 0 Å². The van der Waals surface area contributed by atoms with E-state index in [1.807, 2.05) is 0 Å². The zero-order chi connectivity index (χ0) is 9.07. The minimum atomic E-state index is -1.66. The van der Waals surface area contributed by atoms with E-state index in [1.54, 1.807) is 0 Å². The summed E-state index contributed by atoms with van der Waals surface area (Å²) in [6.07, 6.45) is 0. The lowest BCUT2D eigenvalue weighted by Gasteiger charge is -2.18. The van der Waals surface area contributed by atoms with E-state index in [1.165, 1.54) is 0 Å². The van der Waals surface area contributed by atoms with Gasteiger partial charge in [-0.05, 0) is 0 Å². The summed E-state index contributed by atoms with van der Waals surface area (Å²) in [7, 11) is 0. The number of rotatable bonds is 3. The first-order valence-corrected chi connectivity index (χ1v) is 4.89. The van der Waals surface area contributed by atoms with Crippen LogP contribution in [0.2, 0.25) is 0 Å². The number of halogens is 6. The molecule has 0 N–H and O–H groups in total. The maximum absolute atomic E-state index is 5.47. The van der Waals surface area contributed by atoms with Crippen molar-refractivity contribution in [3.8, 4) is 0 Å². The number of hydrogen-bond donors (Lipinski definition) is 0. The second-order valence-corrected chi connectivity index (χ2v) is 5.62. The standard InChI is InChI=1S/C4H4Cl6O/c5-2(6)1-11-3(7)4(8,9)10/h2-3H,1H2. The van der Waals surface area contributed by atoms with Crippen LogP contribution < -0.4 is 0 Å². The molecule has 0 amide bonds. The Morgan fingerprint density at radius 1 is 1.09 bits per heavy atom. The van der Waals surface area contributed by atoms with Gasteiger partial charge in [0.25, 0.3) is 0 Å². The van der Waals surface area contributed by atoms with Crippen molar-refractivity contribution in [2.45, 2.75) is 14.2 Å². The van der Waals surface area contributed by atoms with E-state index in [0.717, 1.165) is 0 Å². The van der Waals surface area contributed by atoms with Gasteiger partial charge in [0.05, 0.1) is 6.61 Å². The molecular weight excluding hydrogens is 277 g/mol. The molecule has 0 aliphatic carbocycles. The highest BCUT2D eigenvalue weighted by molar-refractivity contribution is 6.70. The quantitative estimate of drug-likeness (QED) is 0.716. The van der Waals surface area contributed by atoms with Crippen molar-refractivity contribution in [1.82, 2.24) is 0 Å². The summed E-state index contributed by atoms with van der Waals surface area (Å²) in [5.74, 6) is 0. The summed E-state index contributed by atoms with van der Waals surface area (Å²) >= 11 is 32.2. The second kappa shape index (κ2) is 5.43. The minimum Gasteiger partial charge on any atom is -0.355 e. The monoisotopic (exact) mass is 278 g/mol. The lowest BCUT2D eigenvalue weighted by Crippen LogP contribution is -2.24. The minimum absolute atomic E-state index is 0.0190. The molecule has 0 fully saturated rings. The van der Waals surface area contributed by atoms with Crippen LogP contribution in [0.25, 0.3) is 0 Å². The van der Waals surface area contributed by atoms with Gasteiger partial charge in [-0.2, -0.15) is 0 Å². The molecule has 0 aromatic heterocycles. The molecule has 1 nitrogen and oxygen atoms in total. The summed E-state index contributed by atoms with van der Waals surface area (Å²) in [6.45, 7) is 0.0190. The fourth-order valence-corrected chi connectivity index (χ4v) is 0.659. The lowest BCUT2D eigenvalue weighted by molar-refractivity contribution is 0.119. The van der Waals surface area contributed by atoms with E-state index in [2.05, 4.69) is 0 Å². The van der Waals surface area contributed by atoms with E-state index in [0.29, 0.717) is 0 Å². The van der Waals surface area contributed by atoms with Gasteiger partial charge in [-0.3, -0.25) is 0 Å². The van der Waals surface area contributed by atoms with E-state index in [-0.39, 0.29) is 6.61 Å². The predicted octanol–water partition coefficient (Wildman–Crippen LogP) is 3.74. The Balaban J connectivity index is 3.61. The van der Waals surface area contributed by atoms with Gasteiger partial charge in [-0.25, -0.2) is 0 Å². The van der Waals surface area contributed by atoms with Crippen LogP contribution in [-0.4, -0.2) is 20.8 Å². The highest BCUT2D eigenvalue weighted by Crippen LogP contribution is 2.34. The van der Waals surface area contributed by atoms with Crippen molar-refractivity contribution < 1.29 is 4.74 Å². The maximum atomic E-state index is 5.47. The van der Waals surface area contributed by atoms with Crippen molar-refractivity contribution in [2.24, 2.45) is 0 Å². The molecule has 0 saturated heterocycles. The van der Waals surface area contributed by atoms with Crippen LogP contribution in [-0.2, 0) is 4.74 Å². The molecule has 0 spiro atoms. The Morgan fingerprint density at radius 3 is 1.82 bits per heavy atom. The zero-order valence-electron chi connectivity index (χ0n) is 5.04. The van der Waals surface area contributed by atoms with Gasteiger partial charge in [0.1, 0.15) is 4.84 Å². The van der Waals surface area contributed by atoms with Crippen molar-refractivity contribution in [3.05, 3.63) is 0 Å². The fraction of sp³-hybridized carbons (Fsp3) is 1.00. The molecule has 0 radical (unpaired) electrons. The molecule has 0 heterocycles. The Morgan fingerprint density at radius 2 is 1.55 bits per heavy atom. The van der Waals surface area contributed by atoms with Crippen LogP contribution in [0, 0.1) is 0 Å². The van der Waals surface area contributed by atoms with E-state index < -0.39 is 14.2 Å². The zero-order valence-corrected chi connectivity index (χ0v) is 9.57. The van der Waals surface area contributed by atoms with Gasteiger partial charge in [-0.15, -0.1) is 23.2 Å². The van der Waals surface area contributed by atoms with Gasteiger partial charge in [0.15, 0.2) is 5.56 Å². The molecule has 7 heteroatoms. The summed E-state index contributed by atoms with van der Waals surface area (Å²) in [5.41, 5.74) is -1.05. The van der Waals surface area contributed by atoms with E-state index in [4.69, 9.17) is 74.3 Å². The number of hydrogen-bond acceptors (Lipinski definition) is 1. The highest BCUT2D eigenvalue weighted by Gasteiger charge is 2.31. The van der Waals surface area contributed by atoms with Crippen molar-refractivity contribution in [2.75, 3.05) is 6.61 Å². The molecular formula is C4H4Cl6O. The van der Waals surface area contributed by atoms with Crippen molar-refractivity contribution in [3.63, 3.8) is 0 Å². The molecule has 0 saturated carbocycles. The third-order valence-corrected chi connectivity index (χ3v) is 2.26. The summed E-state index contributed by atoms with van der Waals surface area (Å²) in [5, 5.41) is 0. The number of ether oxygens (including phenoxy) is 1. The van der Waals surface area contributed by atoms with Gasteiger partial charge >= 0.3 is 0 Å². The van der Waals surface area contributed by atoms with Gasteiger partial charge < -0.3 is 4.74 Å². The molecule has 1 atom stereocenters. The second-order valence-electron chi connectivity index (χ2n) is 1.58. The molecule has 0 bridgehead atoms. The molecule has 0 aromatic rings. The van der Waals surface area contributed by atoms with Crippen LogP contribution >= 0.6 is 69.6 Å². The number of alkyl halides is 6. The maximum Gasteiger partial charge on any atom is 0.230 e. The largest absolute Gasteiger partial charge is 0.355 e. The first kappa shape index (κ1) is 12.7. The normalized spacial score (nSPS) is 15.5. The van der Waals surface area contributed by atoms with E-state index in [9.17, 15) is 0 Å². The predicted molar refractivity (Wildman–Crippen MR) is 51.4 cm³/mol. The van der Waals surface area contributed by atoms with Crippen molar-refractivity contribution >= 4 is 69.6 Å². The lowest BCUT2D eigenvalue weighted by atomic mass is 10.7. The molecule has 11 heavy (non-hydrogen) atoms. The summed E-state index contributed by atoms with van der Waals surface area (Å²) < 4.78 is 3.11. The Bertz CT molecular complexity index is 110. The third kappa shape index (κ3) is 6.83. The molecule has 0 aliphatic rings. The first-order valence-electron chi connectivity index (χ1n) is 2.44. The summed E-state index contributed by atoms with van der Waals surface area (Å²) in [6, 6.07) is 0. The molecule has 0 rings (SSSR count). The van der Waals surface area contributed by atoms with Crippen LogP contribution in [0.5, 0.6) is 0 Å². The third-order valence-electron chi connectivity index (χ3n) is 0.626. The smallest absolute Gasteiger partial charge is 0.230 e. The molecule has 0 aromatic carbocycles. The van der Waals surface area contributed by atoms with Gasteiger partial charge in [0, 0.05) is 0 Å². The molecule has 1 unspecified atom stereocenters. The molecule has 0 aliphatic heterocycles. The van der Waals surface area contributed by atoms with Crippen LogP contribution in [0.1, 0.15) is 0 Å². The highest BCUT2D eigenvalue weighted by atomic mass is 35.6. The average molecular weight is 281 g/mol. The Labute approximate surface area is 94.8 Å². The Hall–Kier alpha value is 1.70. The SMILES string of the molecule is ClC(Cl)COC(Cl)C(Cl)(Cl)Cl.